The molecule has 0 radical (unpaired) electrons. The minimum Gasteiger partial charge on any atom is -0.493 e. The van der Waals surface area contributed by atoms with Crippen LogP contribution in [0.1, 0.15) is 39.7 Å². The van der Waals surface area contributed by atoms with E-state index in [0.29, 0.717) is 33.1 Å². The topological polar surface area (TPSA) is 90.5 Å². The van der Waals surface area contributed by atoms with E-state index in [9.17, 15) is 9.59 Å². The summed E-state index contributed by atoms with van der Waals surface area (Å²) in [5.41, 5.74) is 1.00. The van der Waals surface area contributed by atoms with Gasteiger partial charge in [-0.05, 0) is 44.5 Å². The fourth-order valence-corrected chi connectivity index (χ4v) is 3.75. The third-order valence-corrected chi connectivity index (χ3v) is 5.45. The number of H-pyrrole nitrogens is 1. The number of nitrogens with one attached hydrogen (secondary N) is 1. The Morgan fingerprint density at radius 2 is 1.89 bits per heavy atom. The lowest BCUT2D eigenvalue weighted by Crippen LogP contribution is -2.17. The van der Waals surface area contributed by atoms with E-state index in [1.54, 1.807) is 25.1 Å². The Morgan fingerprint density at radius 1 is 1.19 bits per heavy atom. The molecule has 1 atom stereocenters. The van der Waals surface area contributed by atoms with Crippen LogP contribution >= 0.6 is 11.3 Å². The Balaban J connectivity index is 1.87. The van der Waals surface area contributed by atoms with E-state index in [2.05, 4.69) is 9.97 Å². The minimum atomic E-state index is -0.717. The number of ether oxygens (including phenoxy) is 3. The second kappa shape index (κ2) is 7.40. The van der Waals surface area contributed by atoms with Gasteiger partial charge in [-0.3, -0.25) is 4.79 Å². The molecule has 142 valence electrons. The van der Waals surface area contributed by atoms with Gasteiger partial charge >= 0.3 is 5.97 Å². The second-order valence-corrected chi connectivity index (χ2v) is 7.24. The highest BCUT2D eigenvalue weighted by Gasteiger charge is 2.20. The van der Waals surface area contributed by atoms with E-state index in [-0.39, 0.29) is 5.56 Å². The van der Waals surface area contributed by atoms with Crippen molar-refractivity contribution in [2.45, 2.75) is 26.9 Å². The van der Waals surface area contributed by atoms with Crippen LogP contribution in [0.5, 0.6) is 11.5 Å². The highest BCUT2D eigenvalue weighted by molar-refractivity contribution is 7.18. The van der Waals surface area contributed by atoms with Crippen molar-refractivity contribution in [3.8, 4) is 11.5 Å². The number of carbonyl (C=O) groups excluding carboxylic acids is 1. The first-order chi connectivity index (χ1) is 12.8. The molecule has 3 rings (SSSR count). The van der Waals surface area contributed by atoms with Crippen molar-refractivity contribution in [2.24, 2.45) is 0 Å². The van der Waals surface area contributed by atoms with E-state index in [0.717, 1.165) is 10.4 Å². The zero-order valence-electron chi connectivity index (χ0n) is 15.7. The molecular weight excluding hydrogens is 368 g/mol. The number of aromatic amines is 1. The summed E-state index contributed by atoms with van der Waals surface area (Å²) < 4.78 is 15.8. The Kier molecular flexibility index (Phi) is 5.18. The number of thiophene rings is 1. The molecule has 0 amide bonds. The molecule has 0 aliphatic carbocycles. The molecule has 0 bridgehead atoms. The van der Waals surface area contributed by atoms with Crippen LogP contribution < -0.4 is 15.0 Å². The third kappa shape index (κ3) is 3.52. The lowest BCUT2D eigenvalue weighted by Gasteiger charge is -2.14. The van der Waals surface area contributed by atoms with Crippen LogP contribution in [-0.2, 0) is 4.74 Å². The summed E-state index contributed by atoms with van der Waals surface area (Å²) in [7, 11) is 3.01. The van der Waals surface area contributed by atoms with E-state index >= 15 is 0 Å². The SMILES string of the molecule is COc1ccc(C(=O)OC(C)c2nc3sc(C)c(C)c3c(=O)[nH]2)cc1OC. The van der Waals surface area contributed by atoms with Crippen LogP contribution in [0.4, 0.5) is 0 Å². The smallest absolute Gasteiger partial charge is 0.338 e. The van der Waals surface area contributed by atoms with Crippen LogP contribution in [0.2, 0.25) is 0 Å². The number of hydrogen-bond acceptors (Lipinski definition) is 7. The summed E-state index contributed by atoms with van der Waals surface area (Å²) in [6.07, 6.45) is -0.717. The zero-order chi connectivity index (χ0) is 19.7. The maximum absolute atomic E-state index is 12.5. The first kappa shape index (κ1) is 18.9. The molecule has 3 aromatic rings. The van der Waals surface area contributed by atoms with Gasteiger partial charge in [-0.15, -0.1) is 11.3 Å². The van der Waals surface area contributed by atoms with Gasteiger partial charge in [0.25, 0.3) is 5.56 Å². The molecule has 0 saturated heterocycles. The summed E-state index contributed by atoms with van der Waals surface area (Å²) in [6.45, 7) is 5.50. The maximum atomic E-state index is 12.5. The standard InChI is InChI=1S/C19H20N2O5S/c1-9-11(3)27-18-15(9)17(22)20-16(21-18)10(2)26-19(23)12-6-7-13(24-4)14(8-12)25-5/h6-8,10H,1-5H3,(H,20,21,22). The highest BCUT2D eigenvalue weighted by atomic mass is 32.1. The summed E-state index contributed by atoms with van der Waals surface area (Å²) in [4.78, 5) is 33.7. The van der Waals surface area contributed by atoms with Crippen LogP contribution in [0, 0.1) is 13.8 Å². The van der Waals surface area contributed by atoms with Gasteiger partial charge in [0.05, 0.1) is 25.2 Å². The summed E-state index contributed by atoms with van der Waals surface area (Å²) in [6, 6.07) is 4.75. The second-order valence-electron chi connectivity index (χ2n) is 6.03. The fourth-order valence-electron chi connectivity index (χ4n) is 2.71. The van der Waals surface area contributed by atoms with E-state index in [1.807, 2.05) is 13.8 Å². The molecule has 7 nitrogen and oxygen atoms in total. The summed E-state index contributed by atoms with van der Waals surface area (Å²) in [5.74, 6) is 0.700. The van der Waals surface area contributed by atoms with E-state index < -0.39 is 12.1 Å². The molecule has 1 unspecified atom stereocenters. The van der Waals surface area contributed by atoms with Crippen molar-refractivity contribution in [3.05, 3.63) is 50.4 Å². The molecule has 1 N–H and O–H groups in total. The number of esters is 1. The van der Waals surface area contributed by atoms with Crippen molar-refractivity contribution in [3.63, 3.8) is 0 Å². The predicted octanol–water partition coefficient (Wildman–Crippen LogP) is 3.54. The average molecular weight is 388 g/mol. The minimum absolute atomic E-state index is 0.231. The molecule has 2 heterocycles. The molecule has 0 saturated carbocycles. The van der Waals surface area contributed by atoms with Gasteiger partial charge in [0.2, 0.25) is 0 Å². The number of nitrogens with zero attached hydrogens (tertiary/aromatic N) is 1. The van der Waals surface area contributed by atoms with Crippen molar-refractivity contribution in [2.75, 3.05) is 14.2 Å². The lowest BCUT2D eigenvalue weighted by atomic mass is 10.2. The maximum Gasteiger partial charge on any atom is 0.338 e. The fraction of sp³-hybridized carbons (Fsp3) is 0.316. The average Bonchev–Trinajstić information content (AvgIpc) is 2.95. The normalized spacial score (nSPS) is 12.0. The number of rotatable bonds is 5. The van der Waals surface area contributed by atoms with Gasteiger partial charge in [0.15, 0.2) is 23.4 Å². The van der Waals surface area contributed by atoms with Crippen LogP contribution in [0.15, 0.2) is 23.0 Å². The molecule has 0 fully saturated rings. The van der Waals surface area contributed by atoms with Gasteiger partial charge in [0, 0.05) is 4.88 Å². The van der Waals surface area contributed by atoms with E-state index in [4.69, 9.17) is 14.2 Å². The zero-order valence-corrected chi connectivity index (χ0v) is 16.5. The van der Waals surface area contributed by atoms with Gasteiger partial charge in [-0.2, -0.15) is 0 Å². The number of aromatic nitrogens is 2. The first-order valence-electron chi connectivity index (χ1n) is 8.28. The molecular formula is C19H20N2O5S. The largest absolute Gasteiger partial charge is 0.493 e. The molecule has 1 aromatic carbocycles. The van der Waals surface area contributed by atoms with Crippen molar-refractivity contribution >= 4 is 27.5 Å². The monoisotopic (exact) mass is 388 g/mol. The number of benzene rings is 1. The van der Waals surface area contributed by atoms with Crippen LogP contribution in [0.25, 0.3) is 10.2 Å². The van der Waals surface area contributed by atoms with Crippen molar-refractivity contribution < 1.29 is 19.0 Å². The van der Waals surface area contributed by atoms with E-state index in [1.165, 1.54) is 25.6 Å². The van der Waals surface area contributed by atoms with Crippen LogP contribution in [0.3, 0.4) is 0 Å². The van der Waals surface area contributed by atoms with Gasteiger partial charge in [-0.1, -0.05) is 0 Å². The number of aryl methyl sites for hydroxylation is 2. The quantitative estimate of drug-likeness (QED) is 0.673. The first-order valence-corrected chi connectivity index (χ1v) is 9.10. The number of hydrogen-bond donors (Lipinski definition) is 1. The Morgan fingerprint density at radius 3 is 2.56 bits per heavy atom. The molecule has 2 aromatic heterocycles. The number of methoxy groups -OCH3 is 2. The lowest BCUT2D eigenvalue weighted by molar-refractivity contribution is 0.0319. The van der Waals surface area contributed by atoms with Crippen LogP contribution in [-0.4, -0.2) is 30.2 Å². The summed E-state index contributed by atoms with van der Waals surface area (Å²) >= 11 is 1.45. The Hall–Kier alpha value is -2.87. The number of fused-ring (bicyclic) bond motifs is 1. The van der Waals surface area contributed by atoms with Gasteiger partial charge < -0.3 is 19.2 Å². The molecule has 27 heavy (non-hydrogen) atoms. The molecule has 0 aliphatic heterocycles. The van der Waals surface area contributed by atoms with Crippen molar-refractivity contribution in [1.82, 2.24) is 9.97 Å². The predicted molar refractivity (Wildman–Crippen MR) is 103 cm³/mol. The van der Waals surface area contributed by atoms with Gasteiger partial charge in [0.1, 0.15) is 4.83 Å². The summed E-state index contributed by atoms with van der Waals surface area (Å²) in [5, 5.41) is 0.583. The molecule has 0 spiro atoms. The Bertz CT molecular complexity index is 1070. The molecule has 8 heteroatoms. The van der Waals surface area contributed by atoms with Crippen molar-refractivity contribution in [1.29, 1.82) is 0 Å². The number of carbonyl (C=O) groups is 1. The molecule has 0 aliphatic rings. The Labute approximate surface area is 159 Å². The highest BCUT2D eigenvalue weighted by Crippen LogP contribution is 2.29. The van der Waals surface area contributed by atoms with Gasteiger partial charge in [-0.25, -0.2) is 9.78 Å². The third-order valence-electron chi connectivity index (χ3n) is 4.35.